The molecule has 0 radical (unpaired) electrons. The van der Waals surface area contributed by atoms with Gasteiger partial charge in [0.15, 0.2) is 11.5 Å². The lowest BCUT2D eigenvalue weighted by atomic mass is 9.72. The molecule has 21 heavy (non-hydrogen) atoms. The summed E-state index contributed by atoms with van der Waals surface area (Å²) in [6.45, 7) is 2.28. The van der Waals surface area contributed by atoms with Crippen LogP contribution in [-0.2, 0) is 0 Å². The van der Waals surface area contributed by atoms with Crippen molar-refractivity contribution < 1.29 is 9.47 Å². The Bertz CT molecular complexity index is 450. The molecule has 3 unspecified atom stereocenters. The van der Waals surface area contributed by atoms with E-state index in [1.807, 2.05) is 12.1 Å². The number of para-hydroxylation sites is 1. The molecule has 0 amide bonds. The van der Waals surface area contributed by atoms with Crippen molar-refractivity contribution in [1.82, 2.24) is 5.43 Å². The number of ether oxygens (including phenoxy) is 2. The number of hydrogen-bond donors (Lipinski definition) is 2. The third kappa shape index (κ3) is 3.33. The SMILES string of the molecule is CCC1CCCCC1C(NN)c1cccc(OC)c1OC. The fraction of sp³-hybridized carbons (Fsp3) is 0.647. The summed E-state index contributed by atoms with van der Waals surface area (Å²) in [4.78, 5) is 0. The second-order valence-corrected chi connectivity index (χ2v) is 5.84. The van der Waals surface area contributed by atoms with Gasteiger partial charge < -0.3 is 9.47 Å². The summed E-state index contributed by atoms with van der Waals surface area (Å²) in [5, 5.41) is 0. The average Bonchev–Trinajstić information content (AvgIpc) is 2.55. The molecule has 0 saturated heterocycles. The van der Waals surface area contributed by atoms with Gasteiger partial charge in [0.05, 0.1) is 20.3 Å². The minimum Gasteiger partial charge on any atom is -0.493 e. The molecule has 1 aromatic rings. The molecule has 0 spiro atoms. The summed E-state index contributed by atoms with van der Waals surface area (Å²) in [6.07, 6.45) is 6.33. The Hall–Kier alpha value is -1.26. The third-order valence-electron chi connectivity index (χ3n) is 4.87. The average molecular weight is 292 g/mol. The Balaban J connectivity index is 2.36. The first-order valence-corrected chi connectivity index (χ1v) is 7.93. The highest BCUT2D eigenvalue weighted by atomic mass is 16.5. The molecule has 1 fully saturated rings. The second kappa shape index (κ2) is 7.66. The first-order chi connectivity index (χ1) is 10.3. The maximum atomic E-state index is 5.92. The van der Waals surface area contributed by atoms with E-state index < -0.39 is 0 Å². The van der Waals surface area contributed by atoms with Crippen LogP contribution in [0.1, 0.15) is 50.6 Å². The lowest BCUT2D eigenvalue weighted by molar-refractivity contribution is 0.173. The van der Waals surface area contributed by atoms with Crippen LogP contribution >= 0.6 is 0 Å². The van der Waals surface area contributed by atoms with E-state index >= 15 is 0 Å². The number of benzene rings is 1. The lowest BCUT2D eigenvalue weighted by Gasteiger charge is -2.37. The zero-order valence-electron chi connectivity index (χ0n) is 13.4. The smallest absolute Gasteiger partial charge is 0.165 e. The molecule has 0 bridgehead atoms. The molecule has 3 atom stereocenters. The molecule has 1 saturated carbocycles. The monoisotopic (exact) mass is 292 g/mol. The van der Waals surface area contributed by atoms with Crippen molar-refractivity contribution in [2.45, 2.75) is 45.1 Å². The number of nitrogens with one attached hydrogen (secondary N) is 1. The number of hydrogen-bond acceptors (Lipinski definition) is 4. The van der Waals surface area contributed by atoms with E-state index in [-0.39, 0.29) is 6.04 Å². The summed E-state index contributed by atoms with van der Waals surface area (Å²) in [7, 11) is 3.36. The van der Waals surface area contributed by atoms with Gasteiger partial charge in [-0.2, -0.15) is 0 Å². The Morgan fingerprint density at radius 1 is 1.24 bits per heavy atom. The fourth-order valence-corrected chi connectivity index (χ4v) is 3.78. The van der Waals surface area contributed by atoms with Crippen molar-refractivity contribution in [2.75, 3.05) is 14.2 Å². The standard InChI is InChI=1S/C17H28N2O2/c1-4-12-8-5-6-9-13(12)16(19-18)14-10-7-11-15(20-2)17(14)21-3/h7,10-13,16,19H,4-6,8-9,18H2,1-3H3. The van der Waals surface area contributed by atoms with Gasteiger partial charge >= 0.3 is 0 Å². The van der Waals surface area contributed by atoms with Gasteiger partial charge in [0.2, 0.25) is 0 Å². The predicted octanol–water partition coefficient (Wildman–Crippen LogP) is 3.42. The van der Waals surface area contributed by atoms with Crippen LogP contribution in [0.15, 0.2) is 18.2 Å². The molecular weight excluding hydrogens is 264 g/mol. The van der Waals surface area contributed by atoms with E-state index in [0.717, 1.165) is 23.0 Å². The molecule has 1 aromatic carbocycles. The van der Waals surface area contributed by atoms with Crippen LogP contribution in [0.25, 0.3) is 0 Å². The van der Waals surface area contributed by atoms with Crippen molar-refractivity contribution in [3.05, 3.63) is 23.8 Å². The Morgan fingerprint density at radius 3 is 2.62 bits per heavy atom. The maximum Gasteiger partial charge on any atom is 0.165 e. The highest BCUT2D eigenvalue weighted by Gasteiger charge is 2.33. The van der Waals surface area contributed by atoms with Gasteiger partial charge in [0.1, 0.15) is 0 Å². The minimum atomic E-state index is 0.111. The highest BCUT2D eigenvalue weighted by Crippen LogP contribution is 2.44. The molecule has 1 aliphatic rings. The van der Waals surface area contributed by atoms with E-state index in [0.29, 0.717) is 5.92 Å². The molecule has 4 nitrogen and oxygen atoms in total. The van der Waals surface area contributed by atoms with Crippen LogP contribution in [-0.4, -0.2) is 14.2 Å². The van der Waals surface area contributed by atoms with Gasteiger partial charge in [-0.15, -0.1) is 0 Å². The van der Waals surface area contributed by atoms with Crippen LogP contribution in [0.5, 0.6) is 11.5 Å². The first kappa shape index (κ1) is 16.1. The topological polar surface area (TPSA) is 56.5 Å². The molecule has 1 aliphatic carbocycles. The van der Waals surface area contributed by atoms with Gasteiger partial charge in [-0.05, 0) is 24.3 Å². The zero-order chi connectivity index (χ0) is 15.2. The number of nitrogens with two attached hydrogens (primary N) is 1. The van der Waals surface area contributed by atoms with E-state index in [9.17, 15) is 0 Å². The van der Waals surface area contributed by atoms with Crippen molar-refractivity contribution in [2.24, 2.45) is 17.7 Å². The first-order valence-electron chi connectivity index (χ1n) is 7.93. The van der Waals surface area contributed by atoms with E-state index in [1.165, 1.54) is 32.1 Å². The van der Waals surface area contributed by atoms with Gasteiger partial charge in [-0.25, -0.2) is 0 Å². The summed E-state index contributed by atoms with van der Waals surface area (Å²) < 4.78 is 11.0. The van der Waals surface area contributed by atoms with Crippen molar-refractivity contribution in [3.63, 3.8) is 0 Å². The Kier molecular flexibility index (Phi) is 5.88. The van der Waals surface area contributed by atoms with Crippen molar-refractivity contribution >= 4 is 0 Å². The zero-order valence-corrected chi connectivity index (χ0v) is 13.4. The Morgan fingerprint density at radius 2 is 2.00 bits per heavy atom. The van der Waals surface area contributed by atoms with Crippen molar-refractivity contribution in [3.8, 4) is 11.5 Å². The number of methoxy groups -OCH3 is 2. The minimum absolute atomic E-state index is 0.111. The molecule has 3 N–H and O–H groups in total. The molecule has 4 heteroatoms. The molecule has 0 aliphatic heterocycles. The third-order valence-corrected chi connectivity index (χ3v) is 4.87. The Labute approximate surface area is 128 Å². The van der Waals surface area contributed by atoms with Crippen LogP contribution in [0.4, 0.5) is 0 Å². The lowest BCUT2D eigenvalue weighted by Crippen LogP contribution is -2.38. The van der Waals surface area contributed by atoms with Crippen molar-refractivity contribution in [1.29, 1.82) is 0 Å². The van der Waals surface area contributed by atoms with Crippen LogP contribution in [0.2, 0.25) is 0 Å². The summed E-state index contributed by atoms with van der Waals surface area (Å²) in [5.41, 5.74) is 4.14. The molecular formula is C17H28N2O2. The van der Waals surface area contributed by atoms with Gasteiger partial charge in [0, 0.05) is 5.56 Å². The van der Waals surface area contributed by atoms with E-state index in [1.54, 1.807) is 14.2 Å². The number of rotatable bonds is 6. The molecule has 2 rings (SSSR count). The highest BCUT2D eigenvalue weighted by molar-refractivity contribution is 5.48. The van der Waals surface area contributed by atoms with Gasteiger partial charge in [-0.3, -0.25) is 11.3 Å². The van der Waals surface area contributed by atoms with E-state index in [2.05, 4.69) is 18.4 Å². The maximum absolute atomic E-state index is 5.92. The normalized spacial score (nSPS) is 23.6. The molecule has 0 heterocycles. The second-order valence-electron chi connectivity index (χ2n) is 5.84. The summed E-state index contributed by atoms with van der Waals surface area (Å²) >= 11 is 0. The summed E-state index contributed by atoms with van der Waals surface area (Å²) in [5.74, 6) is 8.75. The fourth-order valence-electron chi connectivity index (χ4n) is 3.78. The summed E-state index contributed by atoms with van der Waals surface area (Å²) in [6, 6.07) is 6.13. The predicted molar refractivity (Wildman–Crippen MR) is 85.3 cm³/mol. The number of hydrazine groups is 1. The molecule has 118 valence electrons. The molecule has 0 aromatic heterocycles. The largest absolute Gasteiger partial charge is 0.493 e. The van der Waals surface area contributed by atoms with Crippen LogP contribution < -0.4 is 20.7 Å². The van der Waals surface area contributed by atoms with Gasteiger partial charge in [-0.1, -0.05) is 44.7 Å². The quantitative estimate of drug-likeness (QED) is 0.623. The van der Waals surface area contributed by atoms with Crippen LogP contribution in [0.3, 0.4) is 0 Å². The van der Waals surface area contributed by atoms with Crippen LogP contribution in [0, 0.1) is 11.8 Å². The van der Waals surface area contributed by atoms with E-state index in [4.69, 9.17) is 15.3 Å². The van der Waals surface area contributed by atoms with Gasteiger partial charge in [0.25, 0.3) is 0 Å².